The van der Waals surface area contributed by atoms with Crippen LogP contribution in [0.2, 0.25) is 0 Å². The Morgan fingerprint density at radius 3 is 2.67 bits per heavy atom. The first-order valence-electron chi connectivity index (χ1n) is 5.08. The summed E-state index contributed by atoms with van der Waals surface area (Å²) in [6.45, 7) is 3.90. The van der Waals surface area contributed by atoms with Crippen LogP contribution in [0.3, 0.4) is 0 Å². The van der Waals surface area contributed by atoms with Crippen LogP contribution in [0.15, 0.2) is 0 Å². The zero-order valence-corrected chi connectivity index (χ0v) is 9.08. The Balaban J connectivity index is 2.38. The number of amides is 1. The van der Waals surface area contributed by atoms with Gasteiger partial charge in [0.2, 0.25) is 5.91 Å². The van der Waals surface area contributed by atoms with Crippen molar-refractivity contribution in [3.8, 4) is 0 Å². The first-order chi connectivity index (χ1) is 6.94. The highest BCUT2D eigenvalue weighted by molar-refractivity contribution is 6.00. The van der Waals surface area contributed by atoms with Crippen molar-refractivity contribution in [2.24, 2.45) is 5.41 Å². The maximum absolute atomic E-state index is 11.5. The second kappa shape index (κ2) is 4.61. The van der Waals surface area contributed by atoms with E-state index >= 15 is 0 Å². The molecule has 0 aromatic carbocycles. The minimum atomic E-state index is -1.38. The number of nitrogens with one attached hydrogen (secondary N) is 1. The third-order valence-corrected chi connectivity index (χ3v) is 2.62. The van der Waals surface area contributed by atoms with Crippen LogP contribution in [0, 0.1) is 5.41 Å². The van der Waals surface area contributed by atoms with Crippen LogP contribution >= 0.6 is 0 Å². The van der Waals surface area contributed by atoms with Crippen LogP contribution in [0.25, 0.3) is 0 Å². The van der Waals surface area contributed by atoms with Gasteiger partial charge in [-0.05, 0) is 26.7 Å². The van der Waals surface area contributed by atoms with Crippen LogP contribution < -0.4 is 5.32 Å². The summed E-state index contributed by atoms with van der Waals surface area (Å²) in [5.41, 5.74) is -1.38. The van der Waals surface area contributed by atoms with E-state index < -0.39 is 17.3 Å². The minimum Gasteiger partial charge on any atom is -0.480 e. The molecule has 5 heteroatoms. The Morgan fingerprint density at radius 2 is 2.20 bits per heavy atom. The maximum atomic E-state index is 11.5. The number of carbonyl (C=O) groups excluding carboxylic acids is 1. The summed E-state index contributed by atoms with van der Waals surface area (Å²) in [6.07, 6.45) is 1.97. The summed E-state index contributed by atoms with van der Waals surface area (Å²) in [4.78, 5) is 22.3. The number of carboxylic acids is 1. The van der Waals surface area contributed by atoms with Gasteiger partial charge in [0.25, 0.3) is 0 Å². The average molecular weight is 215 g/mol. The molecule has 5 nitrogen and oxygen atoms in total. The molecule has 15 heavy (non-hydrogen) atoms. The van der Waals surface area contributed by atoms with Crippen LogP contribution in [-0.2, 0) is 14.3 Å². The van der Waals surface area contributed by atoms with E-state index in [2.05, 4.69) is 5.32 Å². The van der Waals surface area contributed by atoms with E-state index in [-0.39, 0.29) is 6.10 Å². The SMILES string of the molecule is CC(C)(C(=O)O)C(=O)NCC1CCCO1. The minimum absolute atomic E-state index is 0.0403. The predicted octanol–water partition coefficient (Wildman–Crippen LogP) is 0.392. The zero-order chi connectivity index (χ0) is 11.5. The van der Waals surface area contributed by atoms with Gasteiger partial charge in [0.1, 0.15) is 5.41 Å². The fourth-order valence-electron chi connectivity index (χ4n) is 1.33. The molecule has 1 aliphatic rings. The van der Waals surface area contributed by atoms with Gasteiger partial charge in [0, 0.05) is 13.2 Å². The lowest BCUT2D eigenvalue weighted by Crippen LogP contribution is -2.44. The smallest absolute Gasteiger partial charge is 0.318 e. The lowest BCUT2D eigenvalue weighted by atomic mass is 9.92. The number of hydrogen-bond donors (Lipinski definition) is 2. The van der Waals surface area contributed by atoms with E-state index in [0.29, 0.717) is 6.54 Å². The fraction of sp³-hybridized carbons (Fsp3) is 0.800. The number of ether oxygens (including phenoxy) is 1. The van der Waals surface area contributed by atoms with Gasteiger partial charge in [-0.15, -0.1) is 0 Å². The molecule has 0 radical (unpaired) electrons. The summed E-state index contributed by atoms with van der Waals surface area (Å²) in [5.74, 6) is -1.59. The molecule has 86 valence electrons. The van der Waals surface area contributed by atoms with E-state index in [1.165, 1.54) is 13.8 Å². The molecule has 0 aromatic rings. The Hall–Kier alpha value is -1.10. The topological polar surface area (TPSA) is 75.6 Å². The molecule has 2 N–H and O–H groups in total. The van der Waals surface area contributed by atoms with E-state index in [1.807, 2.05) is 0 Å². The van der Waals surface area contributed by atoms with Crippen molar-refractivity contribution in [1.82, 2.24) is 5.32 Å². The summed E-state index contributed by atoms with van der Waals surface area (Å²) in [6, 6.07) is 0. The van der Waals surface area contributed by atoms with Crippen molar-refractivity contribution < 1.29 is 19.4 Å². The number of hydrogen-bond acceptors (Lipinski definition) is 3. The average Bonchev–Trinajstić information content (AvgIpc) is 2.66. The summed E-state index contributed by atoms with van der Waals surface area (Å²) < 4.78 is 5.31. The van der Waals surface area contributed by atoms with Gasteiger partial charge in [-0.1, -0.05) is 0 Å². The molecule has 0 aromatic heterocycles. The van der Waals surface area contributed by atoms with Crippen LogP contribution in [0.1, 0.15) is 26.7 Å². The van der Waals surface area contributed by atoms with Gasteiger partial charge < -0.3 is 15.2 Å². The fourth-order valence-corrected chi connectivity index (χ4v) is 1.33. The monoisotopic (exact) mass is 215 g/mol. The quantitative estimate of drug-likeness (QED) is 0.665. The molecule has 0 spiro atoms. The van der Waals surface area contributed by atoms with Gasteiger partial charge in [-0.2, -0.15) is 0 Å². The number of rotatable bonds is 4. The molecule has 1 aliphatic heterocycles. The van der Waals surface area contributed by atoms with Crippen molar-refractivity contribution in [2.75, 3.05) is 13.2 Å². The van der Waals surface area contributed by atoms with Gasteiger partial charge in [0.05, 0.1) is 6.10 Å². The van der Waals surface area contributed by atoms with E-state index in [4.69, 9.17) is 9.84 Å². The first kappa shape index (κ1) is 12.0. The van der Waals surface area contributed by atoms with Crippen molar-refractivity contribution in [1.29, 1.82) is 0 Å². The van der Waals surface area contributed by atoms with Crippen LogP contribution in [-0.4, -0.2) is 36.2 Å². The first-order valence-corrected chi connectivity index (χ1v) is 5.08. The maximum Gasteiger partial charge on any atom is 0.318 e. The summed E-state index contributed by atoms with van der Waals surface area (Å²) >= 11 is 0. The Kier molecular flexibility index (Phi) is 3.68. The van der Waals surface area contributed by atoms with E-state index in [0.717, 1.165) is 19.4 Å². The molecule has 0 saturated carbocycles. The number of carboxylic acid groups (broad SMARTS) is 1. The largest absolute Gasteiger partial charge is 0.480 e. The third kappa shape index (κ3) is 2.92. The molecule has 1 saturated heterocycles. The van der Waals surface area contributed by atoms with Crippen molar-refractivity contribution in [3.05, 3.63) is 0 Å². The molecule has 1 amide bonds. The standard InChI is InChI=1S/C10H17NO4/c1-10(2,9(13)14)8(12)11-6-7-4-3-5-15-7/h7H,3-6H2,1-2H3,(H,11,12)(H,13,14). The van der Waals surface area contributed by atoms with Crippen molar-refractivity contribution >= 4 is 11.9 Å². The molecular formula is C10H17NO4. The number of aliphatic carboxylic acids is 1. The lowest BCUT2D eigenvalue weighted by molar-refractivity contribution is -0.153. The highest BCUT2D eigenvalue weighted by atomic mass is 16.5. The molecule has 1 fully saturated rings. The van der Waals surface area contributed by atoms with Crippen molar-refractivity contribution in [3.63, 3.8) is 0 Å². The van der Waals surface area contributed by atoms with Gasteiger partial charge in [0.15, 0.2) is 0 Å². The van der Waals surface area contributed by atoms with Crippen molar-refractivity contribution in [2.45, 2.75) is 32.8 Å². The summed E-state index contributed by atoms with van der Waals surface area (Å²) in [7, 11) is 0. The molecule has 0 aliphatic carbocycles. The number of carbonyl (C=O) groups is 2. The Labute approximate surface area is 88.8 Å². The van der Waals surface area contributed by atoms with E-state index in [9.17, 15) is 9.59 Å². The Morgan fingerprint density at radius 1 is 1.53 bits per heavy atom. The van der Waals surface area contributed by atoms with Crippen LogP contribution in [0.5, 0.6) is 0 Å². The summed E-state index contributed by atoms with van der Waals surface area (Å²) in [5, 5.41) is 11.4. The third-order valence-electron chi connectivity index (χ3n) is 2.62. The Bertz CT molecular complexity index is 256. The second-order valence-electron chi connectivity index (χ2n) is 4.28. The highest BCUT2D eigenvalue weighted by Crippen LogP contribution is 2.16. The van der Waals surface area contributed by atoms with Gasteiger partial charge in [-0.3, -0.25) is 9.59 Å². The normalized spacial score (nSPS) is 21.3. The zero-order valence-electron chi connectivity index (χ0n) is 9.08. The van der Waals surface area contributed by atoms with E-state index in [1.54, 1.807) is 0 Å². The second-order valence-corrected chi connectivity index (χ2v) is 4.28. The molecule has 1 atom stereocenters. The lowest BCUT2D eigenvalue weighted by Gasteiger charge is -2.19. The van der Waals surface area contributed by atoms with Gasteiger partial charge >= 0.3 is 5.97 Å². The van der Waals surface area contributed by atoms with Gasteiger partial charge in [-0.25, -0.2) is 0 Å². The molecule has 0 bridgehead atoms. The highest BCUT2D eigenvalue weighted by Gasteiger charge is 2.36. The molecule has 1 heterocycles. The molecular weight excluding hydrogens is 198 g/mol. The molecule has 1 rings (SSSR count). The predicted molar refractivity (Wildman–Crippen MR) is 53.4 cm³/mol. The van der Waals surface area contributed by atoms with Crippen LogP contribution in [0.4, 0.5) is 0 Å². The molecule has 1 unspecified atom stereocenters.